The molecule has 0 amide bonds. The third-order valence-electron chi connectivity index (χ3n) is 3.18. The topological polar surface area (TPSA) is 59.7 Å². The minimum Gasteiger partial charge on any atom is -0.275 e. The van der Waals surface area contributed by atoms with Gasteiger partial charge in [0.2, 0.25) is 0 Å². The zero-order valence-electron chi connectivity index (χ0n) is 10.8. The maximum absolute atomic E-state index is 4.47. The molecule has 2 aromatic heterocycles. The van der Waals surface area contributed by atoms with Crippen molar-refractivity contribution in [1.82, 2.24) is 14.8 Å². The molecule has 0 radical (unpaired) electrons. The fourth-order valence-electron chi connectivity index (χ4n) is 2.39. The SMILES string of the molecule is CC(C)c1c(-c2cnn(C)c2)cnc2c1[NH2+]N=C2. The van der Waals surface area contributed by atoms with Crippen molar-refractivity contribution in [3.05, 3.63) is 29.8 Å². The van der Waals surface area contributed by atoms with Crippen molar-refractivity contribution in [1.29, 1.82) is 0 Å². The lowest BCUT2D eigenvalue weighted by Gasteiger charge is -2.12. The fourth-order valence-corrected chi connectivity index (χ4v) is 2.39. The van der Waals surface area contributed by atoms with Gasteiger partial charge in [-0.3, -0.25) is 4.68 Å². The monoisotopic (exact) mass is 242 g/mol. The largest absolute Gasteiger partial charge is 0.275 e. The summed E-state index contributed by atoms with van der Waals surface area (Å²) in [6, 6.07) is 0. The van der Waals surface area contributed by atoms with Gasteiger partial charge in [0, 0.05) is 36.1 Å². The molecule has 0 saturated heterocycles. The molecule has 0 aliphatic carbocycles. The average Bonchev–Trinajstić information content (AvgIpc) is 2.95. The molecule has 0 saturated carbocycles. The Morgan fingerprint density at radius 1 is 1.28 bits per heavy atom. The van der Waals surface area contributed by atoms with Crippen molar-refractivity contribution in [3.63, 3.8) is 0 Å². The molecule has 1 aliphatic heterocycles. The van der Waals surface area contributed by atoms with Crippen molar-refractivity contribution in [2.75, 3.05) is 0 Å². The van der Waals surface area contributed by atoms with Crippen LogP contribution in [0.3, 0.4) is 0 Å². The van der Waals surface area contributed by atoms with E-state index in [1.165, 1.54) is 5.56 Å². The summed E-state index contributed by atoms with van der Waals surface area (Å²) in [5, 5.41) is 8.44. The standard InChI is InChI=1S/C13H15N5/c1-8(2)12-10(9-4-16-18(3)7-9)5-14-11-6-15-17-13(11)12/h4-8H,1-3H3,(H,15,17)/p+1. The third kappa shape index (κ3) is 1.64. The van der Waals surface area contributed by atoms with Gasteiger partial charge >= 0.3 is 0 Å². The highest BCUT2D eigenvalue weighted by Gasteiger charge is 2.24. The number of quaternary nitrogens is 1. The molecule has 3 rings (SSSR count). The molecule has 0 bridgehead atoms. The minimum absolute atomic E-state index is 0.426. The molecule has 0 atom stereocenters. The lowest BCUT2D eigenvalue weighted by molar-refractivity contribution is -0.573. The number of aromatic nitrogens is 3. The summed E-state index contributed by atoms with van der Waals surface area (Å²) in [4.78, 5) is 4.47. The van der Waals surface area contributed by atoms with Gasteiger partial charge in [0.25, 0.3) is 0 Å². The normalized spacial score (nSPS) is 13.3. The molecule has 18 heavy (non-hydrogen) atoms. The quantitative estimate of drug-likeness (QED) is 0.803. The second-order valence-electron chi connectivity index (χ2n) is 4.85. The fraction of sp³-hybridized carbons (Fsp3) is 0.308. The van der Waals surface area contributed by atoms with Gasteiger partial charge in [-0.25, -0.2) is 4.98 Å². The van der Waals surface area contributed by atoms with Crippen LogP contribution in [0.1, 0.15) is 31.0 Å². The van der Waals surface area contributed by atoms with Crippen molar-refractivity contribution < 1.29 is 5.43 Å². The number of aryl methyl sites for hydroxylation is 1. The van der Waals surface area contributed by atoms with Crippen LogP contribution in [-0.4, -0.2) is 21.0 Å². The van der Waals surface area contributed by atoms with E-state index in [4.69, 9.17) is 0 Å². The molecule has 5 nitrogen and oxygen atoms in total. The van der Waals surface area contributed by atoms with Crippen LogP contribution in [0.25, 0.3) is 11.1 Å². The van der Waals surface area contributed by atoms with Crippen molar-refractivity contribution in [2.24, 2.45) is 12.1 Å². The first-order valence-corrected chi connectivity index (χ1v) is 6.05. The molecule has 0 aromatic carbocycles. The molecule has 2 aromatic rings. The Kier molecular flexibility index (Phi) is 2.48. The Morgan fingerprint density at radius 2 is 2.11 bits per heavy atom. The molecule has 1 aliphatic rings. The van der Waals surface area contributed by atoms with Gasteiger partial charge in [0.1, 0.15) is 11.9 Å². The first-order chi connectivity index (χ1) is 8.66. The number of rotatable bonds is 2. The van der Waals surface area contributed by atoms with Gasteiger partial charge in [-0.05, 0) is 5.92 Å². The van der Waals surface area contributed by atoms with Crippen LogP contribution in [0.4, 0.5) is 5.69 Å². The second-order valence-corrected chi connectivity index (χ2v) is 4.85. The number of nitrogens with two attached hydrogens (primary N) is 1. The summed E-state index contributed by atoms with van der Waals surface area (Å²) < 4.78 is 1.81. The smallest absolute Gasteiger partial charge is 0.187 e. The number of hydrogen-bond donors (Lipinski definition) is 1. The van der Waals surface area contributed by atoms with Crippen LogP contribution in [0.2, 0.25) is 0 Å². The lowest BCUT2D eigenvalue weighted by Crippen LogP contribution is -2.69. The van der Waals surface area contributed by atoms with Crippen LogP contribution in [-0.2, 0) is 7.05 Å². The van der Waals surface area contributed by atoms with E-state index in [1.54, 1.807) is 0 Å². The Hall–Kier alpha value is -2.01. The third-order valence-corrected chi connectivity index (χ3v) is 3.18. The van der Waals surface area contributed by atoms with E-state index in [9.17, 15) is 0 Å². The maximum Gasteiger partial charge on any atom is 0.187 e. The van der Waals surface area contributed by atoms with Gasteiger partial charge in [-0.2, -0.15) is 10.5 Å². The van der Waals surface area contributed by atoms with E-state index in [2.05, 4.69) is 29.0 Å². The number of nitrogens with zero attached hydrogens (tertiary/aromatic N) is 4. The van der Waals surface area contributed by atoms with Crippen LogP contribution >= 0.6 is 0 Å². The number of pyridine rings is 1. The first kappa shape index (κ1) is 11.1. The van der Waals surface area contributed by atoms with Crippen molar-refractivity contribution in [3.8, 4) is 11.1 Å². The van der Waals surface area contributed by atoms with Gasteiger partial charge in [0.05, 0.1) is 6.20 Å². The second kappa shape index (κ2) is 4.03. The van der Waals surface area contributed by atoms with E-state index in [-0.39, 0.29) is 0 Å². The van der Waals surface area contributed by atoms with Gasteiger partial charge in [-0.1, -0.05) is 18.9 Å². The lowest BCUT2D eigenvalue weighted by atomic mass is 9.93. The first-order valence-electron chi connectivity index (χ1n) is 6.05. The minimum atomic E-state index is 0.426. The summed E-state index contributed by atoms with van der Waals surface area (Å²) in [6.07, 6.45) is 7.64. The summed E-state index contributed by atoms with van der Waals surface area (Å²) in [6.45, 7) is 4.39. The average molecular weight is 242 g/mol. The molecule has 5 heteroatoms. The Bertz CT molecular complexity index is 624. The molecule has 0 fully saturated rings. The maximum atomic E-state index is 4.47. The van der Waals surface area contributed by atoms with E-state index >= 15 is 0 Å². The zero-order valence-corrected chi connectivity index (χ0v) is 10.8. The van der Waals surface area contributed by atoms with E-state index in [1.807, 2.05) is 42.0 Å². The molecule has 92 valence electrons. The predicted octanol–water partition coefficient (Wildman–Crippen LogP) is 1.15. The highest BCUT2D eigenvalue weighted by Crippen LogP contribution is 2.33. The van der Waals surface area contributed by atoms with Crippen molar-refractivity contribution in [2.45, 2.75) is 19.8 Å². The Morgan fingerprint density at radius 3 is 2.78 bits per heavy atom. The van der Waals surface area contributed by atoms with Crippen LogP contribution in [0.15, 0.2) is 23.7 Å². The van der Waals surface area contributed by atoms with E-state index in [0.717, 1.165) is 22.5 Å². The molecule has 3 heterocycles. The van der Waals surface area contributed by atoms with E-state index < -0.39 is 0 Å². The zero-order chi connectivity index (χ0) is 12.7. The molecular formula is C13H16N5+. The van der Waals surface area contributed by atoms with E-state index in [0.29, 0.717) is 5.92 Å². The highest BCUT2D eigenvalue weighted by molar-refractivity contribution is 5.87. The molecule has 0 spiro atoms. The van der Waals surface area contributed by atoms with Gasteiger partial charge in [-0.15, -0.1) is 0 Å². The Balaban J connectivity index is 2.22. The summed E-state index contributed by atoms with van der Waals surface area (Å²) in [5.41, 5.74) is 7.57. The van der Waals surface area contributed by atoms with Gasteiger partial charge in [0.15, 0.2) is 5.69 Å². The van der Waals surface area contributed by atoms with Crippen LogP contribution in [0.5, 0.6) is 0 Å². The van der Waals surface area contributed by atoms with Crippen LogP contribution < -0.4 is 5.43 Å². The molecule has 2 N–H and O–H groups in total. The summed E-state index contributed by atoms with van der Waals surface area (Å²) >= 11 is 0. The van der Waals surface area contributed by atoms with Crippen LogP contribution in [0, 0.1) is 0 Å². The Labute approximate surface area is 106 Å². The molecule has 0 unspecified atom stereocenters. The highest BCUT2D eigenvalue weighted by atomic mass is 15.3. The summed E-state index contributed by atoms with van der Waals surface area (Å²) in [5.74, 6) is 0.426. The molecular weight excluding hydrogens is 226 g/mol. The predicted molar refractivity (Wildman–Crippen MR) is 69.7 cm³/mol. The van der Waals surface area contributed by atoms with Crippen molar-refractivity contribution >= 4 is 11.9 Å². The summed E-state index contributed by atoms with van der Waals surface area (Å²) in [7, 11) is 1.93. The number of hydrogen-bond acceptors (Lipinski definition) is 3. The number of fused-ring (bicyclic) bond motifs is 1. The van der Waals surface area contributed by atoms with Gasteiger partial charge < -0.3 is 0 Å².